The maximum atomic E-state index is 11.6. The molecule has 162 valence electrons. The molecule has 1 heterocycles. The lowest BCUT2D eigenvalue weighted by Gasteiger charge is -2.39. The Morgan fingerprint density at radius 2 is 1.76 bits per heavy atom. The van der Waals surface area contributed by atoms with Gasteiger partial charge in [0.1, 0.15) is 18.3 Å². The van der Waals surface area contributed by atoms with Gasteiger partial charge in [-0.25, -0.2) is 0 Å². The van der Waals surface area contributed by atoms with Crippen molar-refractivity contribution < 1.29 is 38.4 Å². The first-order chi connectivity index (χ1) is 13.7. The lowest BCUT2D eigenvalue weighted by Crippen LogP contribution is -2.50. The minimum atomic E-state index is -1.09. The van der Waals surface area contributed by atoms with Crippen LogP contribution < -0.4 is 0 Å². The van der Waals surface area contributed by atoms with Gasteiger partial charge in [0.25, 0.3) is 0 Å². The van der Waals surface area contributed by atoms with Crippen molar-refractivity contribution in [2.45, 2.75) is 90.0 Å². The summed E-state index contributed by atoms with van der Waals surface area (Å²) in [7, 11) is 0. The molecule has 29 heavy (non-hydrogen) atoms. The quantitative estimate of drug-likeness (QED) is 0.384. The molecule has 1 fully saturated rings. The first-order valence-corrected chi connectivity index (χ1v) is 9.64. The molecule has 0 amide bonds. The van der Waals surface area contributed by atoms with Gasteiger partial charge in [-0.1, -0.05) is 18.9 Å². The predicted molar refractivity (Wildman–Crippen MR) is 103 cm³/mol. The number of hydrogen-bond acceptors (Lipinski definition) is 8. The topological polar surface area (TPSA) is 108 Å². The Morgan fingerprint density at radius 1 is 1.14 bits per heavy atom. The van der Waals surface area contributed by atoms with Crippen molar-refractivity contribution >= 4 is 17.9 Å². The molecule has 0 saturated carbocycles. The highest BCUT2D eigenvalue weighted by atomic mass is 16.6. The maximum Gasteiger partial charge on any atom is 0.302 e. The van der Waals surface area contributed by atoms with Crippen LogP contribution in [-0.4, -0.2) is 59.6 Å². The highest BCUT2D eigenvalue weighted by Crippen LogP contribution is 2.29. The summed E-state index contributed by atoms with van der Waals surface area (Å²) >= 11 is 0. The number of esters is 3. The smallest absolute Gasteiger partial charge is 0.302 e. The van der Waals surface area contributed by atoms with Crippen LogP contribution in [0.4, 0.5) is 0 Å². The average Bonchev–Trinajstić information content (AvgIpc) is 2.61. The van der Waals surface area contributed by atoms with Crippen LogP contribution in [0.25, 0.3) is 0 Å². The van der Waals surface area contributed by atoms with Crippen LogP contribution in [0.5, 0.6) is 0 Å². The fourth-order valence-electron chi connectivity index (χ4n) is 3.32. The van der Waals surface area contributed by atoms with Crippen molar-refractivity contribution in [1.29, 1.82) is 0 Å². The maximum absolute atomic E-state index is 11.6. The van der Waals surface area contributed by atoms with Crippen LogP contribution in [0.1, 0.15) is 53.4 Å². The van der Waals surface area contributed by atoms with Crippen molar-refractivity contribution in [3.05, 3.63) is 12.2 Å². The molecule has 6 atom stereocenters. The SMILES string of the molecule is C#CC=CCC1OC(C(CC)OC(C)=O)CC(O)C(OC(C)=O)CC1OC(C)=O. The number of aliphatic hydroxyl groups excluding tert-OH is 1. The van der Waals surface area contributed by atoms with E-state index in [1.54, 1.807) is 6.08 Å². The summed E-state index contributed by atoms with van der Waals surface area (Å²) in [6.07, 6.45) is 4.60. The van der Waals surface area contributed by atoms with Crippen LogP contribution in [-0.2, 0) is 33.3 Å². The number of hydrogen-bond donors (Lipinski definition) is 1. The van der Waals surface area contributed by atoms with Gasteiger partial charge >= 0.3 is 17.9 Å². The lowest BCUT2D eigenvalue weighted by atomic mass is 9.92. The third kappa shape index (κ3) is 8.67. The van der Waals surface area contributed by atoms with E-state index < -0.39 is 54.5 Å². The van der Waals surface area contributed by atoms with E-state index in [0.717, 1.165) is 0 Å². The zero-order valence-electron chi connectivity index (χ0n) is 17.3. The van der Waals surface area contributed by atoms with Crippen LogP contribution in [0.3, 0.4) is 0 Å². The Labute approximate surface area is 171 Å². The predicted octanol–water partition coefficient (Wildman–Crippen LogP) is 1.68. The number of carbonyl (C=O) groups is 3. The Bertz CT molecular complexity index is 635. The third-order valence-electron chi connectivity index (χ3n) is 4.48. The van der Waals surface area contributed by atoms with Crippen LogP contribution in [0.15, 0.2) is 12.2 Å². The highest BCUT2D eigenvalue weighted by molar-refractivity contribution is 5.67. The third-order valence-corrected chi connectivity index (χ3v) is 4.48. The van der Waals surface area contributed by atoms with Crippen LogP contribution >= 0.6 is 0 Å². The zero-order valence-corrected chi connectivity index (χ0v) is 17.3. The molecule has 1 saturated heterocycles. The summed E-state index contributed by atoms with van der Waals surface area (Å²) in [6.45, 7) is 5.61. The van der Waals surface area contributed by atoms with Crippen molar-refractivity contribution in [3.8, 4) is 12.3 Å². The van der Waals surface area contributed by atoms with Crippen LogP contribution in [0, 0.1) is 12.3 Å². The molecule has 0 aromatic carbocycles. The van der Waals surface area contributed by atoms with Crippen molar-refractivity contribution in [2.75, 3.05) is 0 Å². The largest absolute Gasteiger partial charge is 0.460 e. The summed E-state index contributed by atoms with van der Waals surface area (Å²) in [5.74, 6) is 0.801. The van der Waals surface area contributed by atoms with E-state index in [1.165, 1.54) is 26.8 Å². The first-order valence-electron chi connectivity index (χ1n) is 9.64. The van der Waals surface area contributed by atoms with E-state index in [0.29, 0.717) is 12.8 Å². The Kier molecular flexibility index (Phi) is 10.4. The molecule has 0 aromatic heterocycles. The number of allylic oxidation sites excluding steroid dienone is 1. The molecule has 1 aliphatic rings. The molecule has 0 spiro atoms. The lowest BCUT2D eigenvalue weighted by molar-refractivity contribution is -0.196. The second kappa shape index (κ2) is 12.2. The van der Waals surface area contributed by atoms with E-state index >= 15 is 0 Å². The molecule has 0 radical (unpaired) electrons. The van der Waals surface area contributed by atoms with Crippen molar-refractivity contribution in [3.63, 3.8) is 0 Å². The van der Waals surface area contributed by atoms with Gasteiger partial charge in [-0.3, -0.25) is 14.4 Å². The second-order valence-electron chi connectivity index (χ2n) is 6.91. The zero-order chi connectivity index (χ0) is 22.0. The molecule has 1 N–H and O–H groups in total. The Balaban J connectivity index is 3.26. The molecule has 8 heteroatoms. The molecule has 0 bridgehead atoms. The first kappa shape index (κ1) is 24.7. The highest BCUT2D eigenvalue weighted by Gasteiger charge is 2.40. The standard InChI is InChI=1S/C21H30O8/c1-6-8-9-10-18-21(28-15(5)24)12-19(27-14(4)23)16(25)11-20(29-18)17(7-2)26-13(3)22/h1,8-9,16-21,25H,7,10-12H2,2-5H3. The summed E-state index contributed by atoms with van der Waals surface area (Å²) in [4.78, 5) is 34.7. The number of rotatable bonds is 7. The van der Waals surface area contributed by atoms with Crippen molar-refractivity contribution in [2.24, 2.45) is 0 Å². The van der Waals surface area contributed by atoms with E-state index in [9.17, 15) is 19.5 Å². The fourth-order valence-corrected chi connectivity index (χ4v) is 3.32. The summed E-state index contributed by atoms with van der Waals surface area (Å²) in [5, 5.41) is 10.6. The Hall–Kier alpha value is -2.37. The summed E-state index contributed by atoms with van der Waals surface area (Å²) < 4.78 is 22.2. The van der Waals surface area contributed by atoms with E-state index in [2.05, 4.69) is 5.92 Å². The number of aliphatic hydroxyl groups is 1. The van der Waals surface area contributed by atoms with Crippen molar-refractivity contribution in [1.82, 2.24) is 0 Å². The average molecular weight is 410 g/mol. The molecule has 1 rings (SSSR count). The minimum Gasteiger partial charge on any atom is -0.460 e. The van der Waals surface area contributed by atoms with Gasteiger partial charge in [-0.05, 0) is 18.9 Å². The molecular weight excluding hydrogens is 380 g/mol. The normalized spacial score (nSPS) is 28.5. The monoisotopic (exact) mass is 410 g/mol. The number of ether oxygens (including phenoxy) is 4. The van der Waals surface area contributed by atoms with Gasteiger partial charge in [0.2, 0.25) is 0 Å². The molecule has 1 aliphatic heterocycles. The minimum absolute atomic E-state index is 0.0615. The van der Waals surface area contributed by atoms with Gasteiger partial charge in [0.05, 0.1) is 18.3 Å². The fraction of sp³-hybridized carbons (Fsp3) is 0.667. The van der Waals surface area contributed by atoms with Gasteiger partial charge in [-0.15, -0.1) is 6.42 Å². The molecule has 0 aliphatic carbocycles. The number of terminal acetylenes is 1. The summed E-state index contributed by atoms with van der Waals surface area (Å²) in [5.41, 5.74) is 0. The van der Waals surface area contributed by atoms with E-state index in [-0.39, 0.29) is 12.8 Å². The molecule has 6 unspecified atom stereocenters. The van der Waals surface area contributed by atoms with Gasteiger partial charge in [0.15, 0.2) is 0 Å². The Morgan fingerprint density at radius 3 is 2.28 bits per heavy atom. The van der Waals surface area contributed by atoms with Gasteiger partial charge in [-0.2, -0.15) is 0 Å². The van der Waals surface area contributed by atoms with E-state index in [4.69, 9.17) is 25.4 Å². The molecule has 0 aromatic rings. The second-order valence-corrected chi connectivity index (χ2v) is 6.91. The summed E-state index contributed by atoms with van der Waals surface area (Å²) in [6, 6.07) is 0. The number of carbonyl (C=O) groups excluding carboxylic acids is 3. The van der Waals surface area contributed by atoms with Gasteiger partial charge in [0, 0.05) is 33.6 Å². The van der Waals surface area contributed by atoms with E-state index in [1.807, 2.05) is 6.92 Å². The molecular formula is C21H30O8. The molecule has 8 nitrogen and oxygen atoms in total. The van der Waals surface area contributed by atoms with Crippen LogP contribution in [0.2, 0.25) is 0 Å². The van der Waals surface area contributed by atoms with Gasteiger partial charge < -0.3 is 24.1 Å².